The average Bonchev–Trinajstić information content (AvgIpc) is 2.46. The molecular formula is C17H23NO2. The summed E-state index contributed by atoms with van der Waals surface area (Å²) in [6.45, 7) is 1.74. The van der Waals surface area contributed by atoms with Gasteiger partial charge in [0.05, 0.1) is 12.2 Å². The third kappa shape index (κ3) is 2.23. The van der Waals surface area contributed by atoms with Crippen LogP contribution in [0.5, 0.6) is 5.75 Å². The third-order valence-corrected chi connectivity index (χ3v) is 5.15. The van der Waals surface area contributed by atoms with Gasteiger partial charge in [-0.15, -0.1) is 0 Å². The summed E-state index contributed by atoms with van der Waals surface area (Å²) in [5, 5.41) is 3.88. The summed E-state index contributed by atoms with van der Waals surface area (Å²) >= 11 is 0. The van der Waals surface area contributed by atoms with Gasteiger partial charge >= 0.3 is 0 Å². The van der Waals surface area contributed by atoms with Crippen molar-refractivity contribution in [2.45, 2.75) is 56.2 Å². The topological polar surface area (TPSA) is 30.5 Å². The molecule has 2 unspecified atom stereocenters. The van der Waals surface area contributed by atoms with Crippen LogP contribution < -0.4 is 10.1 Å². The number of hydrogen-bond acceptors (Lipinski definition) is 3. The minimum Gasteiger partial charge on any atom is -0.493 e. The fraction of sp³-hybridized carbons (Fsp3) is 0.647. The summed E-state index contributed by atoms with van der Waals surface area (Å²) in [6, 6.07) is 9.49. The van der Waals surface area contributed by atoms with E-state index in [0.29, 0.717) is 12.1 Å². The van der Waals surface area contributed by atoms with E-state index in [1.165, 1.54) is 31.2 Å². The van der Waals surface area contributed by atoms with Gasteiger partial charge in [0.1, 0.15) is 5.75 Å². The van der Waals surface area contributed by atoms with E-state index in [1.807, 2.05) is 0 Å². The van der Waals surface area contributed by atoms with E-state index in [0.717, 1.165) is 31.8 Å². The van der Waals surface area contributed by atoms with Crippen LogP contribution in [0, 0.1) is 0 Å². The van der Waals surface area contributed by atoms with Crippen LogP contribution in [-0.4, -0.2) is 24.9 Å². The number of benzene rings is 1. The Hall–Kier alpha value is -1.06. The summed E-state index contributed by atoms with van der Waals surface area (Å²) < 4.78 is 11.8. The Morgan fingerprint density at radius 1 is 1.10 bits per heavy atom. The molecule has 2 heterocycles. The van der Waals surface area contributed by atoms with Crippen LogP contribution in [-0.2, 0) is 4.74 Å². The smallest absolute Gasteiger partial charge is 0.124 e. The SMILES string of the molecule is c1ccc2c(c1)OCCC2NC1CCOC2(CCC2)C1. The van der Waals surface area contributed by atoms with E-state index >= 15 is 0 Å². The van der Waals surface area contributed by atoms with Gasteiger partial charge < -0.3 is 14.8 Å². The quantitative estimate of drug-likeness (QED) is 0.897. The van der Waals surface area contributed by atoms with Gasteiger partial charge in [0.2, 0.25) is 0 Å². The van der Waals surface area contributed by atoms with Crippen molar-refractivity contribution in [2.24, 2.45) is 0 Å². The van der Waals surface area contributed by atoms with Crippen molar-refractivity contribution >= 4 is 0 Å². The summed E-state index contributed by atoms with van der Waals surface area (Å²) in [5.41, 5.74) is 1.55. The number of fused-ring (bicyclic) bond motifs is 1. The monoisotopic (exact) mass is 273 g/mol. The highest BCUT2D eigenvalue weighted by atomic mass is 16.5. The highest BCUT2D eigenvalue weighted by Gasteiger charge is 2.43. The normalized spacial score (nSPS) is 31.2. The molecule has 1 saturated heterocycles. The van der Waals surface area contributed by atoms with Crippen molar-refractivity contribution in [3.8, 4) is 5.75 Å². The molecule has 20 heavy (non-hydrogen) atoms. The molecule has 3 nitrogen and oxygen atoms in total. The Morgan fingerprint density at radius 3 is 2.85 bits per heavy atom. The van der Waals surface area contributed by atoms with Gasteiger partial charge in [-0.1, -0.05) is 18.2 Å². The first-order valence-corrected chi connectivity index (χ1v) is 7.96. The largest absolute Gasteiger partial charge is 0.493 e. The van der Waals surface area contributed by atoms with Crippen LogP contribution >= 0.6 is 0 Å². The summed E-state index contributed by atoms with van der Waals surface area (Å²) in [4.78, 5) is 0. The molecule has 3 aliphatic rings. The molecule has 1 aliphatic carbocycles. The van der Waals surface area contributed by atoms with Gasteiger partial charge in [-0.25, -0.2) is 0 Å². The van der Waals surface area contributed by atoms with Gasteiger partial charge in [0, 0.05) is 30.7 Å². The Balaban J connectivity index is 1.47. The molecular weight excluding hydrogens is 250 g/mol. The molecule has 2 fully saturated rings. The second-order valence-corrected chi connectivity index (χ2v) is 6.47. The lowest BCUT2D eigenvalue weighted by molar-refractivity contribution is -0.136. The van der Waals surface area contributed by atoms with E-state index in [9.17, 15) is 0 Å². The molecule has 2 atom stereocenters. The van der Waals surface area contributed by atoms with Crippen LogP contribution in [0.1, 0.15) is 50.1 Å². The molecule has 0 aromatic heterocycles. The third-order valence-electron chi connectivity index (χ3n) is 5.15. The first kappa shape index (κ1) is 12.7. The van der Waals surface area contributed by atoms with Crippen molar-refractivity contribution in [3.63, 3.8) is 0 Å². The molecule has 1 spiro atoms. The Kier molecular flexibility index (Phi) is 3.20. The molecule has 0 bridgehead atoms. The summed E-state index contributed by atoms with van der Waals surface area (Å²) in [5.74, 6) is 1.06. The summed E-state index contributed by atoms with van der Waals surface area (Å²) in [7, 11) is 0. The van der Waals surface area contributed by atoms with Crippen LogP contribution in [0.4, 0.5) is 0 Å². The second-order valence-electron chi connectivity index (χ2n) is 6.47. The van der Waals surface area contributed by atoms with E-state index in [4.69, 9.17) is 9.47 Å². The Labute approximate surface area is 120 Å². The number of nitrogens with one attached hydrogen (secondary N) is 1. The number of para-hydroxylation sites is 1. The fourth-order valence-corrected chi connectivity index (χ4v) is 3.89. The van der Waals surface area contributed by atoms with Gasteiger partial charge in [-0.05, 0) is 38.2 Å². The first-order valence-electron chi connectivity index (χ1n) is 7.96. The van der Waals surface area contributed by atoms with Gasteiger partial charge in [-0.2, -0.15) is 0 Å². The Bertz CT molecular complexity index is 484. The van der Waals surface area contributed by atoms with E-state index in [-0.39, 0.29) is 5.60 Å². The fourth-order valence-electron chi connectivity index (χ4n) is 3.89. The molecule has 1 N–H and O–H groups in total. The predicted molar refractivity (Wildman–Crippen MR) is 78.0 cm³/mol. The number of rotatable bonds is 2. The molecule has 1 saturated carbocycles. The second kappa shape index (κ2) is 5.05. The molecule has 3 heteroatoms. The maximum Gasteiger partial charge on any atom is 0.124 e. The van der Waals surface area contributed by atoms with Crippen molar-refractivity contribution in [2.75, 3.05) is 13.2 Å². The van der Waals surface area contributed by atoms with Crippen molar-refractivity contribution in [3.05, 3.63) is 29.8 Å². The molecule has 0 radical (unpaired) electrons. The lowest BCUT2D eigenvalue weighted by atomic mass is 9.73. The molecule has 108 valence electrons. The average molecular weight is 273 g/mol. The zero-order valence-electron chi connectivity index (χ0n) is 11.9. The minimum atomic E-state index is 0.223. The van der Waals surface area contributed by atoms with Crippen molar-refractivity contribution in [1.82, 2.24) is 5.32 Å². The minimum absolute atomic E-state index is 0.223. The van der Waals surface area contributed by atoms with Crippen LogP contribution in [0.25, 0.3) is 0 Å². The van der Waals surface area contributed by atoms with E-state index in [1.54, 1.807) is 0 Å². The molecule has 1 aromatic rings. The van der Waals surface area contributed by atoms with Gasteiger partial charge in [0.25, 0.3) is 0 Å². The van der Waals surface area contributed by atoms with E-state index < -0.39 is 0 Å². The molecule has 0 amide bonds. The van der Waals surface area contributed by atoms with Crippen molar-refractivity contribution in [1.29, 1.82) is 0 Å². The maximum absolute atomic E-state index is 6.03. The highest BCUT2D eigenvalue weighted by Crippen LogP contribution is 2.43. The molecule has 2 aliphatic heterocycles. The predicted octanol–water partition coefficient (Wildman–Crippen LogP) is 3.20. The summed E-state index contributed by atoms with van der Waals surface area (Å²) in [6.07, 6.45) is 7.26. The number of hydrogen-bond donors (Lipinski definition) is 1. The highest BCUT2D eigenvalue weighted by molar-refractivity contribution is 5.37. The van der Waals surface area contributed by atoms with Crippen molar-refractivity contribution < 1.29 is 9.47 Å². The zero-order valence-corrected chi connectivity index (χ0v) is 11.9. The van der Waals surface area contributed by atoms with Crippen LogP contribution in [0.15, 0.2) is 24.3 Å². The molecule has 1 aromatic carbocycles. The maximum atomic E-state index is 6.03. The zero-order chi connectivity index (χ0) is 13.4. The van der Waals surface area contributed by atoms with E-state index in [2.05, 4.69) is 29.6 Å². The van der Waals surface area contributed by atoms with Crippen LogP contribution in [0.3, 0.4) is 0 Å². The first-order chi connectivity index (χ1) is 9.85. The standard InChI is InChI=1S/C17H23NO2/c1-2-5-16-14(4-1)15(7-10-19-16)18-13-6-11-20-17(12-13)8-3-9-17/h1-2,4-5,13,15,18H,3,6-12H2. The number of ether oxygens (including phenoxy) is 2. The molecule has 4 rings (SSSR count). The lowest BCUT2D eigenvalue weighted by Crippen LogP contribution is -2.51. The lowest BCUT2D eigenvalue weighted by Gasteiger charge is -2.48. The Morgan fingerprint density at radius 2 is 2.00 bits per heavy atom. The van der Waals surface area contributed by atoms with Gasteiger partial charge in [-0.3, -0.25) is 0 Å². The van der Waals surface area contributed by atoms with Crippen LogP contribution in [0.2, 0.25) is 0 Å². The van der Waals surface area contributed by atoms with Gasteiger partial charge in [0.15, 0.2) is 0 Å².